The molecule has 1 amide bonds. The molecule has 0 saturated carbocycles. The number of nitrogens with zero attached hydrogens (tertiary/aromatic N) is 4. The molecular formula is C17H11ClFN5OS. The monoisotopic (exact) mass is 387 g/mol. The summed E-state index contributed by atoms with van der Waals surface area (Å²) in [7, 11) is 0. The minimum absolute atomic E-state index is 0.0988. The molecule has 2 aromatic heterocycles. The number of thioether (sulfide) groups is 1. The van der Waals surface area contributed by atoms with Crippen molar-refractivity contribution in [3.05, 3.63) is 59.6 Å². The topological polar surface area (TPSA) is 72.2 Å². The number of halogens is 2. The minimum Gasteiger partial charge on any atom is -0.324 e. The quantitative estimate of drug-likeness (QED) is 0.539. The van der Waals surface area contributed by atoms with Gasteiger partial charge in [-0.1, -0.05) is 35.5 Å². The third-order valence-electron chi connectivity index (χ3n) is 3.65. The van der Waals surface area contributed by atoms with E-state index < -0.39 is 5.82 Å². The summed E-state index contributed by atoms with van der Waals surface area (Å²) in [5.74, 6) is -0.644. The highest BCUT2D eigenvalue weighted by Crippen LogP contribution is 2.26. The molecule has 2 aromatic carbocycles. The van der Waals surface area contributed by atoms with E-state index in [0.29, 0.717) is 16.4 Å². The molecule has 1 N–H and O–H groups in total. The van der Waals surface area contributed by atoms with Crippen molar-refractivity contribution in [2.45, 2.75) is 5.03 Å². The maximum absolute atomic E-state index is 13.1. The summed E-state index contributed by atoms with van der Waals surface area (Å²) in [4.78, 5) is 16.8. The molecule has 0 spiro atoms. The standard InChI is InChI=1S/C17H11ClFN5OS/c18-11-7-10(19)5-6-12(11)21-15(25)8-26-17-16-23-20-9-24(16)14-4-2-1-3-13(14)22-17/h1-7,9H,8H2,(H,21,25). The first-order chi connectivity index (χ1) is 12.6. The van der Waals surface area contributed by atoms with Gasteiger partial charge in [-0.15, -0.1) is 10.2 Å². The van der Waals surface area contributed by atoms with Crippen LogP contribution in [0.15, 0.2) is 53.8 Å². The molecule has 2 heterocycles. The van der Waals surface area contributed by atoms with Gasteiger partial charge in [0.05, 0.1) is 27.5 Å². The molecule has 0 bridgehead atoms. The third-order valence-corrected chi connectivity index (χ3v) is 4.91. The Morgan fingerprint density at radius 2 is 2.12 bits per heavy atom. The molecule has 26 heavy (non-hydrogen) atoms. The second-order valence-corrected chi connectivity index (χ2v) is 6.76. The summed E-state index contributed by atoms with van der Waals surface area (Å²) in [6.45, 7) is 0. The van der Waals surface area contributed by atoms with E-state index in [-0.39, 0.29) is 16.7 Å². The van der Waals surface area contributed by atoms with Crippen LogP contribution in [0.25, 0.3) is 16.7 Å². The van der Waals surface area contributed by atoms with Gasteiger partial charge in [0.2, 0.25) is 5.91 Å². The molecule has 6 nitrogen and oxygen atoms in total. The number of hydrogen-bond donors (Lipinski definition) is 1. The summed E-state index contributed by atoms with van der Waals surface area (Å²) in [6.07, 6.45) is 1.61. The number of aromatic nitrogens is 4. The lowest BCUT2D eigenvalue weighted by molar-refractivity contribution is -0.113. The van der Waals surface area contributed by atoms with Gasteiger partial charge in [0.15, 0.2) is 5.65 Å². The Morgan fingerprint density at radius 3 is 2.96 bits per heavy atom. The minimum atomic E-state index is -0.461. The summed E-state index contributed by atoms with van der Waals surface area (Å²) in [6, 6.07) is 11.4. The number of hydrogen-bond acceptors (Lipinski definition) is 5. The first-order valence-corrected chi connectivity index (χ1v) is 8.94. The predicted molar refractivity (Wildman–Crippen MR) is 99.1 cm³/mol. The molecule has 9 heteroatoms. The van der Waals surface area contributed by atoms with Crippen molar-refractivity contribution in [1.29, 1.82) is 0 Å². The van der Waals surface area contributed by atoms with Crippen LogP contribution in [-0.4, -0.2) is 31.2 Å². The fourth-order valence-corrected chi connectivity index (χ4v) is 3.47. The number of fused-ring (bicyclic) bond motifs is 3. The van der Waals surface area contributed by atoms with E-state index >= 15 is 0 Å². The Morgan fingerprint density at radius 1 is 1.27 bits per heavy atom. The number of carbonyl (C=O) groups is 1. The third kappa shape index (κ3) is 3.21. The van der Waals surface area contributed by atoms with E-state index in [4.69, 9.17) is 11.6 Å². The van der Waals surface area contributed by atoms with E-state index in [0.717, 1.165) is 17.1 Å². The number of rotatable bonds is 4. The lowest BCUT2D eigenvalue weighted by Gasteiger charge is -2.08. The fourth-order valence-electron chi connectivity index (χ4n) is 2.49. The van der Waals surface area contributed by atoms with Gasteiger partial charge in [-0.25, -0.2) is 9.37 Å². The Hall–Kier alpha value is -2.71. The van der Waals surface area contributed by atoms with E-state index in [9.17, 15) is 9.18 Å². The highest BCUT2D eigenvalue weighted by atomic mass is 35.5. The largest absolute Gasteiger partial charge is 0.324 e. The molecule has 4 aromatic rings. The zero-order valence-corrected chi connectivity index (χ0v) is 14.8. The van der Waals surface area contributed by atoms with Crippen molar-refractivity contribution in [2.75, 3.05) is 11.1 Å². The second kappa shape index (κ2) is 6.89. The summed E-state index contributed by atoms with van der Waals surface area (Å²) in [5.41, 5.74) is 2.61. The van der Waals surface area contributed by atoms with Crippen molar-refractivity contribution in [3.8, 4) is 0 Å². The van der Waals surface area contributed by atoms with Gasteiger partial charge < -0.3 is 5.32 Å². The zero-order valence-electron chi connectivity index (χ0n) is 13.2. The van der Waals surface area contributed by atoms with Crippen molar-refractivity contribution >= 4 is 51.6 Å². The Kier molecular flexibility index (Phi) is 4.44. The van der Waals surface area contributed by atoms with Crippen molar-refractivity contribution in [3.63, 3.8) is 0 Å². The van der Waals surface area contributed by atoms with Gasteiger partial charge in [-0.2, -0.15) is 0 Å². The predicted octanol–water partition coefficient (Wildman–Crippen LogP) is 3.80. The van der Waals surface area contributed by atoms with Gasteiger partial charge in [-0.3, -0.25) is 9.20 Å². The van der Waals surface area contributed by atoms with Crippen LogP contribution >= 0.6 is 23.4 Å². The van der Waals surface area contributed by atoms with Crippen LogP contribution in [0.4, 0.5) is 10.1 Å². The molecule has 4 rings (SSSR count). The molecule has 0 radical (unpaired) electrons. The van der Waals surface area contributed by atoms with Crippen molar-refractivity contribution in [2.24, 2.45) is 0 Å². The molecule has 0 unspecified atom stereocenters. The molecule has 0 fully saturated rings. The number of carbonyl (C=O) groups excluding carboxylic acids is 1. The normalized spacial score (nSPS) is 11.2. The maximum atomic E-state index is 13.1. The first-order valence-electron chi connectivity index (χ1n) is 7.58. The van der Waals surface area contributed by atoms with Gasteiger partial charge in [0, 0.05) is 0 Å². The van der Waals surface area contributed by atoms with Gasteiger partial charge in [0.25, 0.3) is 0 Å². The molecular weight excluding hydrogens is 377 g/mol. The highest BCUT2D eigenvalue weighted by Gasteiger charge is 2.13. The number of anilines is 1. The molecule has 130 valence electrons. The van der Waals surface area contributed by atoms with Gasteiger partial charge in [-0.05, 0) is 30.3 Å². The number of nitrogens with one attached hydrogen (secondary N) is 1. The molecule has 0 saturated heterocycles. The summed E-state index contributed by atoms with van der Waals surface area (Å²) >= 11 is 7.17. The van der Waals surface area contributed by atoms with E-state index in [1.54, 1.807) is 6.33 Å². The van der Waals surface area contributed by atoms with Crippen LogP contribution in [0.2, 0.25) is 5.02 Å². The van der Waals surface area contributed by atoms with Crippen LogP contribution < -0.4 is 5.32 Å². The Bertz CT molecular complexity index is 1130. The molecule has 0 atom stereocenters. The fraction of sp³-hybridized carbons (Fsp3) is 0.0588. The van der Waals surface area contributed by atoms with E-state index in [1.165, 1.54) is 23.9 Å². The number of amides is 1. The average molecular weight is 388 g/mol. The SMILES string of the molecule is O=C(CSc1nc2ccccc2n2cnnc12)Nc1ccc(F)cc1Cl. The van der Waals surface area contributed by atoms with Crippen LogP contribution in [-0.2, 0) is 4.79 Å². The maximum Gasteiger partial charge on any atom is 0.234 e. The van der Waals surface area contributed by atoms with Crippen LogP contribution in [0.1, 0.15) is 0 Å². The van der Waals surface area contributed by atoms with Crippen molar-refractivity contribution < 1.29 is 9.18 Å². The van der Waals surface area contributed by atoms with Gasteiger partial charge >= 0.3 is 0 Å². The summed E-state index contributed by atoms with van der Waals surface area (Å²) in [5, 5.41) is 11.4. The molecule has 0 aliphatic carbocycles. The van der Waals surface area contributed by atoms with Crippen LogP contribution in [0, 0.1) is 5.82 Å². The molecule has 0 aliphatic rings. The smallest absolute Gasteiger partial charge is 0.234 e. The Labute approximate surface area is 156 Å². The highest BCUT2D eigenvalue weighted by molar-refractivity contribution is 8.00. The van der Waals surface area contributed by atoms with E-state index in [1.807, 2.05) is 28.7 Å². The van der Waals surface area contributed by atoms with Crippen LogP contribution in [0.5, 0.6) is 0 Å². The molecule has 0 aliphatic heterocycles. The van der Waals surface area contributed by atoms with E-state index in [2.05, 4.69) is 20.5 Å². The van der Waals surface area contributed by atoms with Crippen molar-refractivity contribution in [1.82, 2.24) is 19.6 Å². The number of benzene rings is 2. The summed E-state index contributed by atoms with van der Waals surface area (Å²) < 4.78 is 14.9. The van der Waals surface area contributed by atoms with Crippen LogP contribution in [0.3, 0.4) is 0 Å². The second-order valence-electron chi connectivity index (χ2n) is 5.39. The number of para-hydroxylation sites is 2. The average Bonchev–Trinajstić information content (AvgIpc) is 3.12. The van der Waals surface area contributed by atoms with Gasteiger partial charge in [0.1, 0.15) is 17.2 Å². The Balaban J connectivity index is 1.55. The lowest BCUT2D eigenvalue weighted by atomic mass is 10.3. The zero-order chi connectivity index (χ0) is 18.1. The first kappa shape index (κ1) is 16.7. The lowest BCUT2D eigenvalue weighted by Crippen LogP contribution is -2.14.